The summed E-state index contributed by atoms with van der Waals surface area (Å²) in [6, 6.07) is 7.58. The zero-order valence-corrected chi connectivity index (χ0v) is 12.7. The molecule has 0 unspecified atom stereocenters. The second-order valence-corrected chi connectivity index (χ2v) is 4.92. The molecule has 0 atom stereocenters. The second kappa shape index (κ2) is 11.2. The molecule has 21 heavy (non-hydrogen) atoms. The molecule has 4 heteroatoms. The fourth-order valence-electron chi connectivity index (χ4n) is 1.91. The van der Waals surface area contributed by atoms with Crippen LogP contribution in [0.15, 0.2) is 24.3 Å². The van der Waals surface area contributed by atoms with Crippen LogP contribution in [0.2, 0.25) is 0 Å². The van der Waals surface area contributed by atoms with Gasteiger partial charge in [-0.15, -0.1) is 0 Å². The summed E-state index contributed by atoms with van der Waals surface area (Å²) in [4.78, 5) is 2.23. The lowest BCUT2D eigenvalue weighted by atomic mass is 10.2. The highest BCUT2D eigenvalue weighted by Crippen LogP contribution is 2.12. The van der Waals surface area contributed by atoms with Gasteiger partial charge in [-0.05, 0) is 51.1 Å². The highest BCUT2D eigenvalue weighted by Gasteiger charge is 2.00. The normalized spacial score (nSPS) is 10.3. The summed E-state index contributed by atoms with van der Waals surface area (Å²) < 4.78 is 5.71. The number of aliphatic hydroxyl groups is 2. The van der Waals surface area contributed by atoms with Crippen LogP contribution in [0.4, 0.5) is 0 Å². The van der Waals surface area contributed by atoms with Crippen LogP contribution in [-0.4, -0.2) is 55.1 Å². The molecule has 0 spiro atoms. The van der Waals surface area contributed by atoms with Crippen molar-refractivity contribution in [1.29, 1.82) is 0 Å². The quantitative estimate of drug-likeness (QED) is 0.535. The average Bonchev–Trinajstić information content (AvgIpc) is 2.50. The van der Waals surface area contributed by atoms with Gasteiger partial charge in [-0.2, -0.15) is 0 Å². The Morgan fingerprint density at radius 1 is 1.14 bits per heavy atom. The molecule has 0 aromatic heterocycles. The smallest absolute Gasteiger partial charge is 0.120 e. The second-order valence-electron chi connectivity index (χ2n) is 4.92. The molecule has 116 valence electrons. The molecule has 0 aliphatic heterocycles. The van der Waals surface area contributed by atoms with Gasteiger partial charge < -0.3 is 19.8 Å². The van der Waals surface area contributed by atoms with Crippen molar-refractivity contribution in [3.05, 3.63) is 29.8 Å². The third-order valence-corrected chi connectivity index (χ3v) is 3.09. The lowest BCUT2D eigenvalue weighted by Crippen LogP contribution is -2.25. The third-order valence-electron chi connectivity index (χ3n) is 3.09. The van der Waals surface area contributed by atoms with Crippen LogP contribution in [0.5, 0.6) is 5.75 Å². The molecule has 0 fully saturated rings. The fraction of sp³-hybridized carbons (Fsp3) is 0.529. The Labute approximate surface area is 127 Å². The Morgan fingerprint density at radius 2 is 2.00 bits per heavy atom. The van der Waals surface area contributed by atoms with E-state index in [9.17, 15) is 0 Å². The largest absolute Gasteiger partial charge is 0.492 e. The van der Waals surface area contributed by atoms with Crippen LogP contribution in [0.25, 0.3) is 0 Å². The minimum atomic E-state index is -0.133. The maximum atomic E-state index is 8.72. The molecule has 2 N–H and O–H groups in total. The summed E-state index contributed by atoms with van der Waals surface area (Å²) in [5, 5.41) is 17.4. The molecule has 4 nitrogen and oxygen atoms in total. The molecule has 0 saturated carbocycles. The van der Waals surface area contributed by atoms with Gasteiger partial charge in [-0.1, -0.05) is 17.9 Å². The molecule has 0 amide bonds. The van der Waals surface area contributed by atoms with Crippen molar-refractivity contribution in [3.63, 3.8) is 0 Å². The van der Waals surface area contributed by atoms with Crippen LogP contribution < -0.4 is 4.74 Å². The summed E-state index contributed by atoms with van der Waals surface area (Å²) in [5.41, 5.74) is 0.846. The molecule has 1 rings (SSSR count). The highest BCUT2D eigenvalue weighted by molar-refractivity contribution is 5.39. The predicted molar refractivity (Wildman–Crippen MR) is 84.3 cm³/mol. The molecule has 0 saturated heterocycles. The summed E-state index contributed by atoms with van der Waals surface area (Å²) in [6.07, 6.45) is 3.04. The van der Waals surface area contributed by atoms with Crippen LogP contribution in [0.3, 0.4) is 0 Å². The van der Waals surface area contributed by atoms with Gasteiger partial charge in [-0.3, -0.25) is 0 Å². The minimum Gasteiger partial charge on any atom is -0.492 e. The van der Waals surface area contributed by atoms with Crippen molar-refractivity contribution < 1.29 is 14.9 Å². The summed E-state index contributed by atoms with van der Waals surface area (Å²) in [5.74, 6) is 6.29. The molecule has 1 aromatic rings. The first-order valence-corrected chi connectivity index (χ1v) is 7.38. The summed E-state index contributed by atoms with van der Waals surface area (Å²) in [7, 11) is 2.07. The summed E-state index contributed by atoms with van der Waals surface area (Å²) in [6.45, 7) is 2.67. The lowest BCUT2D eigenvalue weighted by Gasteiger charge is -2.16. The van der Waals surface area contributed by atoms with Gasteiger partial charge in [0.1, 0.15) is 19.0 Å². The van der Waals surface area contributed by atoms with E-state index in [0.717, 1.165) is 43.7 Å². The van der Waals surface area contributed by atoms with Gasteiger partial charge in [0.05, 0.1) is 0 Å². The van der Waals surface area contributed by atoms with Gasteiger partial charge in [0, 0.05) is 18.7 Å². The van der Waals surface area contributed by atoms with Crippen molar-refractivity contribution in [1.82, 2.24) is 4.90 Å². The number of ether oxygens (including phenoxy) is 1. The van der Waals surface area contributed by atoms with Gasteiger partial charge in [-0.25, -0.2) is 0 Å². The zero-order chi connectivity index (χ0) is 15.3. The molecular formula is C17H25NO3. The van der Waals surface area contributed by atoms with E-state index in [4.69, 9.17) is 14.9 Å². The maximum absolute atomic E-state index is 8.72. The first-order chi connectivity index (χ1) is 10.3. The molecule has 0 bridgehead atoms. The first-order valence-electron chi connectivity index (χ1n) is 7.38. The Kier molecular flexibility index (Phi) is 9.30. The fourth-order valence-corrected chi connectivity index (χ4v) is 1.91. The van der Waals surface area contributed by atoms with E-state index < -0.39 is 0 Å². The number of nitrogens with zero attached hydrogens (tertiary/aromatic N) is 1. The zero-order valence-electron chi connectivity index (χ0n) is 12.7. The van der Waals surface area contributed by atoms with E-state index in [1.165, 1.54) is 0 Å². The molecule has 1 aromatic carbocycles. The maximum Gasteiger partial charge on any atom is 0.120 e. The van der Waals surface area contributed by atoms with Crippen LogP contribution in [0.1, 0.15) is 24.8 Å². The number of rotatable bonds is 9. The SMILES string of the molecule is CN(CCCCCO)CCOc1cccc(C#CCO)c1. The monoisotopic (exact) mass is 291 g/mol. The third kappa shape index (κ3) is 8.36. The Morgan fingerprint density at radius 3 is 2.76 bits per heavy atom. The topological polar surface area (TPSA) is 52.9 Å². The van der Waals surface area contributed by atoms with E-state index >= 15 is 0 Å². The Hall–Kier alpha value is -1.54. The van der Waals surface area contributed by atoms with Crippen LogP contribution >= 0.6 is 0 Å². The molecule has 0 radical (unpaired) electrons. The summed E-state index contributed by atoms with van der Waals surface area (Å²) >= 11 is 0. The number of hydrogen-bond acceptors (Lipinski definition) is 4. The number of unbranched alkanes of at least 4 members (excludes halogenated alkanes) is 2. The number of likely N-dealkylation sites (N-methyl/N-ethyl adjacent to an activating group) is 1. The van der Waals surface area contributed by atoms with E-state index in [0.29, 0.717) is 6.61 Å². The van der Waals surface area contributed by atoms with Crippen LogP contribution in [-0.2, 0) is 0 Å². The molecule has 0 aliphatic rings. The molecule has 0 aliphatic carbocycles. The van der Waals surface area contributed by atoms with Crippen molar-refractivity contribution >= 4 is 0 Å². The van der Waals surface area contributed by atoms with Gasteiger partial charge in [0.15, 0.2) is 0 Å². The van der Waals surface area contributed by atoms with E-state index in [1.807, 2.05) is 24.3 Å². The Bertz CT molecular complexity index is 451. The lowest BCUT2D eigenvalue weighted by molar-refractivity contribution is 0.230. The van der Waals surface area contributed by atoms with Crippen molar-refractivity contribution in [3.8, 4) is 17.6 Å². The van der Waals surface area contributed by atoms with Crippen molar-refractivity contribution in [2.24, 2.45) is 0 Å². The average molecular weight is 291 g/mol. The molecular weight excluding hydrogens is 266 g/mol. The number of aliphatic hydroxyl groups excluding tert-OH is 2. The van der Waals surface area contributed by atoms with E-state index in [1.54, 1.807) is 0 Å². The number of hydrogen-bond donors (Lipinski definition) is 2. The van der Waals surface area contributed by atoms with Crippen molar-refractivity contribution in [2.45, 2.75) is 19.3 Å². The minimum absolute atomic E-state index is 0.133. The van der Waals surface area contributed by atoms with E-state index in [2.05, 4.69) is 23.8 Å². The van der Waals surface area contributed by atoms with E-state index in [-0.39, 0.29) is 13.2 Å². The number of benzene rings is 1. The van der Waals surface area contributed by atoms with Gasteiger partial charge >= 0.3 is 0 Å². The van der Waals surface area contributed by atoms with Crippen LogP contribution in [0, 0.1) is 11.8 Å². The Balaban J connectivity index is 2.25. The first kappa shape index (κ1) is 17.5. The highest BCUT2D eigenvalue weighted by atomic mass is 16.5. The van der Waals surface area contributed by atoms with Gasteiger partial charge in [0.2, 0.25) is 0 Å². The van der Waals surface area contributed by atoms with Gasteiger partial charge in [0.25, 0.3) is 0 Å². The molecule has 0 heterocycles. The predicted octanol–water partition coefficient (Wildman–Crippen LogP) is 1.50. The van der Waals surface area contributed by atoms with Crippen molar-refractivity contribution in [2.75, 3.05) is 40.0 Å². The standard InChI is InChI=1S/C17H25NO3/c1-18(10-3-2-4-12-19)11-14-21-17-9-5-7-16(15-17)8-6-13-20/h5,7,9,15,19-20H,2-4,10-14H2,1H3.